The van der Waals surface area contributed by atoms with E-state index >= 15 is 0 Å². The number of ether oxygens (including phenoxy) is 2. The van der Waals surface area contributed by atoms with Crippen molar-refractivity contribution in [2.24, 2.45) is 5.10 Å². The van der Waals surface area contributed by atoms with Crippen LogP contribution in [0.4, 0.5) is 0 Å². The number of nitrogens with one attached hydrogen (secondary N) is 1. The summed E-state index contributed by atoms with van der Waals surface area (Å²) in [6.07, 6.45) is 4.70. The summed E-state index contributed by atoms with van der Waals surface area (Å²) in [4.78, 5) is 0. The molecule has 0 aliphatic rings. The second-order valence-corrected chi connectivity index (χ2v) is 7.18. The Bertz CT molecular complexity index is 1040. The fourth-order valence-corrected chi connectivity index (χ4v) is 3.11. The number of methoxy groups -OCH3 is 1. The molecule has 6 nitrogen and oxygen atoms in total. The number of benzene rings is 2. The number of hydrogen-bond donors (Lipinski definition) is 1. The van der Waals surface area contributed by atoms with Gasteiger partial charge in [-0.15, -0.1) is 0 Å². The smallest absolute Gasteiger partial charge is 0.216 e. The Hall–Kier alpha value is -2.93. The van der Waals surface area contributed by atoms with Crippen LogP contribution in [-0.4, -0.2) is 28.2 Å². The van der Waals surface area contributed by atoms with Crippen LogP contribution in [0.2, 0.25) is 0 Å². The van der Waals surface area contributed by atoms with Crippen LogP contribution < -0.4 is 9.47 Å². The minimum Gasteiger partial charge on any atom is -0.493 e. The van der Waals surface area contributed by atoms with Crippen molar-refractivity contribution in [2.45, 2.75) is 39.7 Å². The predicted molar refractivity (Wildman–Crippen MR) is 118 cm³/mol. The Morgan fingerprint density at radius 1 is 1.21 bits per heavy atom. The summed E-state index contributed by atoms with van der Waals surface area (Å²) in [6, 6.07) is 14.0. The molecule has 0 aliphatic heterocycles. The van der Waals surface area contributed by atoms with Crippen molar-refractivity contribution in [3.05, 3.63) is 69.8 Å². The van der Waals surface area contributed by atoms with Crippen LogP contribution in [0.5, 0.6) is 11.5 Å². The van der Waals surface area contributed by atoms with Gasteiger partial charge in [-0.1, -0.05) is 43.2 Å². The molecule has 7 heteroatoms. The van der Waals surface area contributed by atoms with Crippen molar-refractivity contribution < 1.29 is 9.47 Å². The Morgan fingerprint density at radius 2 is 2.07 bits per heavy atom. The Balaban J connectivity index is 1.74. The van der Waals surface area contributed by atoms with Crippen molar-refractivity contribution in [1.82, 2.24) is 14.9 Å². The van der Waals surface area contributed by atoms with Crippen molar-refractivity contribution in [3.63, 3.8) is 0 Å². The number of unbranched alkanes of at least 4 members (excludes halogenated alkanes) is 1. The standard InChI is InChI=1S/C22H26N4O2S/c1-4-5-9-21-24-25-22(29)26(21)23-14-17-10-11-19(20(13-17)27-3)28-15-18-8-6-7-16(2)12-18/h6-8,10-14H,4-5,9,15H2,1-3H3,(H,25,29)/b23-14-. The fraction of sp³-hybridized carbons (Fsp3) is 0.318. The lowest BCUT2D eigenvalue weighted by molar-refractivity contribution is 0.284. The average Bonchev–Trinajstić information content (AvgIpc) is 3.08. The third kappa shape index (κ3) is 5.54. The van der Waals surface area contributed by atoms with Crippen molar-refractivity contribution in [3.8, 4) is 11.5 Å². The summed E-state index contributed by atoms with van der Waals surface area (Å²) < 4.78 is 13.6. The average molecular weight is 411 g/mol. The molecule has 152 valence electrons. The van der Waals surface area contributed by atoms with Crippen LogP contribution in [-0.2, 0) is 13.0 Å². The zero-order valence-electron chi connectivity index (χ0n) is 17.0. The molecule has 2 aromatic carbocycles. The highest BCUT2D eigenvalue weighted by Gasteiger charge is 2.07. The van der Waals surface area contributed by atoms with E-state index < -0.39 is 0 Å². The van der Waals surface area contributed by atoms with Crippen molar-refractivity contribution >= 4 is 18.4 Å². The maximum absolute atomic E-state index is 5.95. The van der Waals surface area contributed by atoms with E-state index in [9.17, 15) is 0 Å². The summed E-state index contributed by atoms with van der Waals surface area (Å²) in [7, 11) is 1.63. The number of aromatic nitrogens is 3. The second kappa shape index (κ2) is 10.0. The van der Waals surface area contributed by atoms with Gasteiger partial charge >= 0.3 is 0 Å². The highest BCUT2D eigenvalue weighted by molar-refractivity contribution is 7.71. The molecule has 3 aromatic rings. The molecule has 1 N–H and O–H groups in total. The van der Waals surface area contributed by atoms with Crippen LogP contribution in [0, 0.1) is 11.7 Å². The summed E-state index contributed by atoms with van der Waals surface area (Å²) in [5.41, 5.74) is 3.21. The molecule has 0 bridgehead atoms. The molecular weight excluding hydrogens is 384 g/mol. The number of rotatable bonds is 9. The monoisotopic (exact) mass is 410 g/mol. The summed E-state index contributed by atoms with van der Waals surface area (Å²) in [5.74, 6) is 2.18. The van der Waals surface area contributed by atoms with Gasteiger partial charge in [-0.3, -0.25) is 5.10 Å². The number of aryl methyl sites for hydroxylation is 2. The Kier molecular flexibility index (Phi) is 7.19. The lowest BCUT2D eigenvalue weighted by Crippen LogP contribution is -2.00. The maximum Gasteiger partial charge on any atom is 0.216 e. The zero-order valence-corrected chi connectivity index (χ0v) is 17.8. The van der Waals surface area contributed by atoms with Gasteiger partial charge in [-0.25, -0.2) is 0 Å². The van der Waals surface area contributed by atoms with Gasteiger partial charge in [0.2, 0.25) is 4.77 Å². The predicted octanol–water partition coefficient (Wildman–Crippen LogP) is 5.06. The lowest BCUT2D eigenvalue weighted by atomic mass is 10.1. The molecule has 0 atom stereocenters. The van der Waals surface area contributed by atoms with E-state index in [0.717, 1.165) is 36.2 Å². The summed E-state index contributed by atoms with van der Waals surface area (Å²) >= 11 is 5.28. The molecule has 3 rings (SSSR count). The summed E-state index contributed by atoms with van der Waals surface area (Å²) in [5, 5.41) is 11.6. The van der Waals surface area contributed by atoms with E-state index in [2.05, 4.69) is 41.3 Å². The third-order valence-corrected chi connectivity index (χ3v) is 4.72. The van der Waals surface area contributed by atoms with E-state index in [0.29, 0.717) is 22.9 Å². The zero-order chi connectivity index (χ0) is 20.6. The molecule has 0 spiro atoms. The van der Waals surface area contributed by atoms with E-state index in [-0.39, 0.29) is 0 Å². The van der Waals surface area contributed by atoms with Crippen LogP contribution in [0.3, 0.4) is 0 Å². The molecule has 0 amide bonds. The number of aromatic amines is 1. The Labute approximate surface area is 176 Å². The minimum atomic E-state index is 0.483. The van der Waals surface area contributed by atoms with Gasteiger partial charge in [-0.2, -0.15) is 14.9 Å². The van der Waals surface area contributed by atoms with E-state index in [1.165, 1.54) is 5.56 Å². The quantitative estimate of drug-likeness (QED) is 0.395. The summed E-state index contributed by atoms with van der Waals surface area (Å²) in [6.45, 7) is 4.69. The van der Waals surface area contributed by atoms with Crippen LogP contribution in [0.15, 0.2) is 47.6 Å². The normalized spacial score (nSPS) is 11.1. The Morgan fingerprint density at radius 3 is 2.83 bits per heavy atom. The van der Waals surface area contributed by atoms with Crippen LogP contribution >= 0.6 is 12.2 Å². The molecule has 0 radical (unpaired) electrons. The van der Waals surface area contributed by atoms with E-state index in [1.807, 2.05) is 30.3 Å². The molecule has 1 heterocycles. The number of nitrogens with zero attached hydrogens (tertiary/aromatic N) is 3. The number of H-pyrrole nitrogens is 1. The highest BCUT2D eigenvalue weighted by Crippen LogP contribution is 2.28. The van der Waals surface area contributed by atoms with Crippen LogP contribution in [0.1, 0.15) is 42.3 Å². The van der Waals surface area contributed by atoms with Gasteiger partial charge in [-0.05, 0) is 54.9 Å². The largest absolute Gasteiger partial charge is 0.493 e. The minimum absolute atomic E-state index is 0.483. The van der Waals surface area contributed by atoms with Gasteiger partial charge in [0, 0.05) is 6.42 Å². The molecule has 0 aliphatic carbocycles. The molecule has 0 saturated carbocycles. The highest BCUT2D eigenvalue weighted by atomic mass is 32.1. The van der Waals surface area contributed by atoms with Gasteiger partial charge < -0.3 is 9.47 Å². The van der Waals surface area contributed by atoms with Gasteiger partial charge in [0.25, 0.3) is 0 Å². The van der Waals surface area contributed by atoms with Crippen molar-refractivity contribution in [2.75, 3.05) is 7.11 Å². The molecule has 29 heavy (non-hydrogen) atoms. The third-order valence-electron chi connectivity index (χ3n) is 4.46. The molecule has 0 unspecified atom stereocenters. The van der Waals surface area contributed by atoms with Gasteiger partial charge in [0.15, 0.2) is 17.3 Å². The first kappa shape index (κ1) is 20.8. The lowest BCUT2D eigenvalue weighted by Gasteiger charge is -2.11. The topological polar surface area (TPSA) is 64.4 Å². The molecular formula is C22H26N4O2S. The number of hydrogen-bond acceptors (Lipinski definition) is 5. The molecule has 1 aromatic heterocycles. The van der Waals surface area contributed by atoms with Crippen LogP contribution in [0.25, 0.3) is 0 Å². The molecule has 0 saturated heterocycles. The molecule has 0 fully saturated rings. The first-order chi connectivity index (χ1) is 14.1. The SMILES string of the molecule is CCCCc1n[nH]c(=S)n1/N=C\c1ccc(OCc2cccc(C)c2)c(OC)c1. The van der Waals surface area contributed by atoms with E-state index in [1.54, 1.807) is 18.0 Å². The second-order valence-electron chi connectivity index (χ2n) is 6.79. The van der Waals surface area contributed by atoms with Crippen molar-refractivity contribution in [1.29, 1.82) is 0 Å². The van der Waals surface area contributed by atoms with E-state index in [4.69, 9.17) is 21.7 Å². The first-order valence-electron chi connectivity index (χ1n) is 9.67. The maximum atomic E-state index is 5.95. The fourth-order valence-electron chi connectivity index (χ4n) is 2.91. The van der Waals surface area contributed by atoms with Gasteiger partial charge in [0.1, 0.15) is 6.61 Å². The van der Waals surface area contributed by atoms with Gasteiger partial charge in [0.05, 0.1) is 13.3 Å². The first-order valence-corrected chi connectivity index (χ1v) is 10.1.